The number of rotatable bonds is 7. The number of hydrogen-bond donors (Lipinski definition) is 2. The molecule has 0 spiro atoms. The number of amides is 1. The molecule has 1 unspecified atom stereocenters. The van der Waals surface area contributed by atoms with E-state index in [-0.39, 0.29) is 55.6 Å². The molecule has 1 aromatic rings. The maximum Gasteiger partial charge on any atom is 0.253 e. The number of nitrogens with zero attached hydrogens (tertiary/aromatic N) is 1. The van der Waals surface area contributed by atoms with Crippen molar-refractivity contribution in [1.29, 1.82) is 0 Å². The van der Waals surface area contributed by atoms with Gasteiger partial charge in [0.25, 0.3) is 5.88 Å². The quantitative estimate of drug-likeness (QED) is 0.752. The summed E-state index contributed by atoms with van der Waals surface area (Å²) in [5.74, 6) is -4.03. The maximum atomic E-state index is 14.3. The Kier molecular flexibility index (Phi) is 6.08. The molecule has 0 bridgehead atoms. The molecule has 2 N–H and O–H groups in total. The first-order chi connectivity index (χ1) is 12.9. The van der Waals surface area contributed by atoms with E-state index in [1.54, 1.807) is 0 Å². The maximum absolute atomic E-state index is 14.3. The molecule has 3 rings (SSSR count). The van der Waals surface area contributed by atoms with Crippen LogP contribution in [0.2, 0.25) is 0 Å². The fourth-order valence-electron chi connectivity index (χ4n) is 3.49. The van der Waals surface area contributed by atoms with Crippen molar-refractivity contribution in [2.45, 2.75) is 50.6 Å². The molecule has 9 heteroatoms. The van der Waals surface area contributed by atoms with Crippen LogP contribution in [-0.4, -0.2) is 43.1 Å². The van der Waals surface area contributed by atoms with Gasteiger partial charge >= 0.3 is 0 Å². The molecule has 27 heavy (non-hydrogen) atoms. The fourth-order valence-corrected chi connectivity index (χ4v) is 3.49. The van der Waals surface area contributed by atoms with E-state index < -0.39 is 11.7 Å². The Labute approximate surface area is 155 Å². The summed E-state index contributed by atoms with van der Waals surface area (Å²) in [6, 6.07) is 0.952. The highest BCUT2D eigenvalue weighted by atomic mass is 19.3. The number of methoxy groups -OCH3 is 1. The molecule has 1 aromatic heterocycles. The molecule has 6 nitrogen and oxygen atoms in total. The van der Waals surface area contributed by atoms with Crippen LogP contribution in [0.15, 0.2) is 6.07 Å². The summed E-state index contributed by atoms with van der Waals surface area (Å²) in [4.78, 5) is 16.0. The average Bonchev–Trinajstić information content (AvgIpc) is 3.28. The highest BCUT2D eigenvalue weighted by molar-refractivity contribution is 5.82. The number of ether oxygens (including phenoxy) is 2. The van der Waals surface area contributed by atoms with Crippen LogP contribution >= 0.6 is 0 Å². The van der Waals surface area contributed by atoms with Crippen LogP contribution in [0.25, 0.3) is 0 Å². The molecule has 0 aromatic carbocycles. The second-order valence-corrected chi connectivity index (χ2v) is 7.09. The van der Waals surface area contributed by atoms with Crippen molar-refractivity contribution in [2.75, 3.05) is 20.3 Å². The molecule has 2 fully saturated rings. The predicted molar refractivity (Wildman–Crippen MR) is 91.4 cm³/mol. The largest absolute Gasteiger partial charge is 0.481 e. The number of aromatic nitrogens is 1. The molecule has 1 amide bonds. The van der Waals surface area contributed by atoms with Gasteiger partial charge in [-0.25, -0.2) is 13.2 Å². The molecular formula is C18H24F3N3O3. The van der Waals surface area contributed by atoms with Gasteiger partial charge in [0.1, 0.15) is 0 Å². The van der Waals surface area contributed by atoms with Crippen molar-refractivity contribution in [3.63, 3.8) is 0 Å². The van der Waals surface area contributed by atoms with E-state index in [1.807, 2.05) is 0 Å². The van der Waals surface area contributed by atoms with E-state index in [9.17, 15) is 18.0 Å². The van der Waals surface area contributed by atoms with Gasteiger partial charge in [-0.1, -0.05) is 0 Å². The zero-order valence-corrected chi connectivity index (χ0v) is 15.2. The van der Waals surface area contributed by atoms with Gasteiger partial charge in [0.2, 0.25) is 17.7 Å². The summed E-state index contributed by atoms with van der Waals surface area (Å²) in [5.41, 5.74) is 0.376. The average molecular weight is 387 g/mol. The number of pyridine rings is 1. The SMILES string of the molecule is COc1nc(OC[C@H]2CCC(F)(F)C2)c(F)cc1CNC(=O)C1CCCN1. The Morgan fingerprint density at radius 3 is 2.85 bits per heavy atom. The van der Waals surface area contributed by atoms with Crippen molar-refractivity contribution in [3.8, 4) is 11.8 Å². The van der Waals surface area contributed by atoms with E-state index >= 15 is 0 Å². The Morgan fingerprint density at radius 1 is 1.41 bits per heavy atom. The number of halogens is 3. The van der Waals surface area contributed by atoms with E-state index in [1.165, 1.54) is 13.2 Å². The lowest BCUT2D eigenvalue weighted by Crippen LogP contribution is -2.40. The third-order valence-corrected chi connectivity index (χ3v) is 4.97. The zero-order valence-electron chi connectivity index (χ0n) is 15.2. The summed E-state index contributed by atoms with van der Waals surface area (Å²) in [7, 11) is 1.38. The van der Waals surface area contributed by atoms with Crippen LogP contribution in [0, 0.1) is 11.7 Å². The summed E-state index contributed by atoms with van der Waals surface area (Å²) in [5, 5.41) is 5.82. The van der Waals surface area contributed by atoms with Crippen LogP contribution < -0.4 is 20.1 Å². The van der Waals surface area contributed by atoms with Gasteiger partial charge < -0.3 is 20.1 Å². The molecule has 1 aliphatic heterocycles. The van der Waals surface area contributed by atoms with Crippen LogP contribution in [0.4, 0.5) is 13.2 Å². The Balaban J connectivity index is 1.59. The first kappa shape index (κ1) is 19.7. The third kappa shape index (κ3) is 5.03. The predicted octanol–water partition coefficient (Wildman–Crippen LogP) is 2.41. The Morgan fingerprint density at radius 2 is 2.22 bits per heavy atom. The van der Waals surface area contributed by atoms with Gasteiger partial charge in [-0.3, -0.25) is 4.79 Å². The van der Waals surface area contributed by atoms with Crippen LogP contribution in [0.3, 0.4) is 0 Å². The fraction of sp³-hybridized carbons (Fsp3) is 0.667. The summed E-state index contributed by atoms with van der Waals surface area (Å²) >= 11 is 0. The summed E-state index contributed by atoms with van der Waals surface area (Å²) in [6.45, 7) is 0.849. The number of alkyl halides is 2. The molecule has 1 aliphatic carbocycles. The van der Waals surface area contributed by atoms with Gasteiger partial charge in [0, 0.05) is 24.9 Å². The minimum absolute atomic E-state index is 0.0217. The topological polar surface area (TPSA) is 72.5 Å². The third-order valence-electron chi connectivity index (χ3n) is 4.97. The lowest BCUT2D eigenvalue weighted by Gasteiger charge is -2.15. The van der Waals surface area contributed by atoms with Gasteiger partial charge in [0.05, 0.1) is 19.8 Å². The molecule has 150 valence electrons. The molecular weight excluding hydrogens is 363 g/mol. The lowest BCUT2D eigenvalue weighted by molar-refractivity contribution is -0.122. The molecule has 1 saturated carbocycles. The zero-order chi connectivity index (χ0) is 19.4. The molecule has 1 saturated heterocycles. The first-order valence-corrected chi connectivity index (χ1v) is 9.13. The van der Waals surface area contributed by atoms with Crippen molar-refractivity contribution >= 4 is 5.91 Å². The van der Waals surface area contributed by atoms with Crippen molar-refractivity contribution in [2.24, 2.45) is 5.92 Å². The Bertz CT molecular complexity index is 681. The Hall–Kier alpha value is -2.03. The summed E-state index contributed by atoms with van der Waals surface area (Å²) in [6.07, 6.45) is 1.62. The van der Waals surface area contributed by atoms with Crippen molar-refractivity contribution < 1.29 is 27.4 Å². The van der Waals surface area contributed by atoms with Gasteiger partial charge in [-0.2, -0.15) is 4.98 Å². The number of carbonyl (C=O) groups is 1. The first-order valence-electron chi connectivity index (χ1n) is 9.13. The van der Waals surface area contributed by atoms with Crippen LogP contribution in [0.1, 0.15) is 37.7 Å². The minimum Gasteiger partial charge on any atom is -0.481 e. The van der Waals surface area contributed by atoms with Crippen molar-refractivity contribution in [3.05, 3.63) is 17.4 Å². The standard InChI is InChI=1S/C18H24F3N3O3/c1-26-16-12(9-23-15(25)14-3-2-6-22-14)7-13(19)17(24-16)27-10-11-4-5-18(20,21)8-11/h7,11,14,22H,2-6,8-10H2,1H3,(H,23,25)/t11-,14?/m0/s1. The monoisotopic (exact) mass is 387 g/mol. The molecule has 2 heterocycles. The number of hydrogen-bond acceptors (Lipinski definition) is 5. The lowest BCUT2D eigenvalue weighted by atomic mass is 10.1. The van der Waals surface area contributed by atoms with E-state index in [2.05, 4.69) is 15.6 Å². The van der Waals surface area contributed by atoms with Gasteiger partial charge in [0.15, 0.2) is 5.82 Å². The van der Waals surface area contributed by atoms with E-state index in [4.69, 9.17) is 9.47 Å². The molecule has 2 aliphatic rings. The highest BCUT2D eigenvalue weighted by Gasteiger charge is 2.39. The smallest absolute Gasteiger partial charge is 0.253 e. The van der Waals surface area contributed by atoms with E-state index in [0.29, 0.717) is 12.0 Å². The normalized spacial score (nSPS) is 24.0. The number of carbonyl (C=O) groups excluding carboxylic acids is 1. The van der Waals surface area contributed by atoms with Crippen molar-refractivity contribution in [1.82, 2.24) is 15.6 Å². The second kappa shape index (κ2) is 8.33. The minimum atomic E-state index is -2.67. The van der Waals surface area contributed by atoms with Crippen LogP contribution in [-0.2, 0) is 11.3 Å². The highest BCUT2D eigenvalue weighted by Crippen LogP contribution is 2.39. The summed E-state index contributed by atoms with van der Waals surface area (Å²) < 4.78 is 51.2. The van der Waals surface area contributed by atoms with Crippen LogP contribution in [0.5, 0.6) is 11.8 Å². The second-order valence-electron chi connectivity index (χ2n) is 7.09. The molecule has 0 radical (unpaired) electrons. The number of nitrogens with one attached hydrogen (secondary N) is 2. The van der Waals surface area contributed by atoms with Gasteiger partial charge in [-0.15, -0.1) is 0 Å². The van der Waals surface area contributed by atoms with Gasteiger partial charge in [-0.05, 0) is 37.8 Å². The van der Waals surface area contributed by atoms with E-state index in [0.717, 1.165) is 19.4 Å². The molecule has 2 atom stereocenters.